The topological polar surface area (TPSA) is 65.4 Å². The molecule has 0 aliphatic heterocycles. The Morgan fingerprint density at radius 2 is 1.96 bits per heavy atom. The van der Waals surface area contributed by atoms with Gasteiger partial charge in [-0.1, -0.05) is 0 Å². The van der Waals surface area contributed by atoms with Crippen LogP contribution in [0, 0.1) is 0 Å². The molecule has 0 aliphatic carbocycles. The molecule has 1 aromatic carbocycles. The van der Waals surface area contributed by atoms with Gasteiger partial charge < -0.3 is 43.3 Å². The number of carbonyl (C=O) groups is 1. The second-order valence-electron chi connectivity index (χ2n) is 5.45. The maximum Gasteiger partial charge on any atom is 0.356 e. The summed E-state index contributed by atoms with van der Waals surface area (Å²) in [7, 11) is 5.39. The molecule has 6 nitrogen and oxygen atoms in total. The number of benzene rings is 1. The molecule has 138 valence electrons. The molecule has 0 radical (unpaired) electrons. The number of halogens is 1. The number of hydrogen-bond donors (Lipinski definition) is 1. The van der Waals surface area contributed by atoms with Crippen molar-refractivity contribution in [1.29, 1.82) is 0 Å². The normalized spacial score (nSPS) is 10.2. The molecule has 0 atom stereocenters. The number of imidazole rings is 1. The highest BCUT2D eigenvalue weighted by molar-refractivity contribution is 5.90. The predicted molar refractivity (Wildman–Crippen MR) is 93.4 cm³/mol. The largest absolute Gasteiger partial charge is 1.00 e. The van der Waals surface area contributed by atoms with Crippen LogP contribution >= 0.6 is 0 Å². The van der Waals surface area contributed by atoms with Crippen LogP contribution in [0.4, 0.5) is 0 Å². The summed E-state index contributed by atoms with van der Waals surface area (Å²) >= 11 is 0. The Labute approximate surface area is 165 Å². The molecule has 1 heterocycles. The number of nitrogens with one attached hydrogen (secondary N) is 1. The van der Waals surface area contributed by atoms with E-state index in [1.165, 1.54) is 0 Å². The van der Waals surface area contributed by atoms with E-state index >= 15 is 0 Å². The van der Waals surface area contributed by atoms with Gasteiger partial charge >= 0.3 is 5.97 Å². The lowest BCUT2D eigenvalue weighted by molar-refractivity contribution is -0.0000241. The zero-order valence-electron chi connectivity index (χ0n) is 15.1. The van der Waals surface area contributed by atoms with E-state index < -0.39 is 0 Å². The zero-order valence-corrected chi connectivity index (χ0v) is 17.3. The van der Waals surface area contributed by atoms with Gasteiger partial charge in [0.2, 0.25) is 0 Å². The Morgan fingerprint density at radius 1 is 1.28 bits per heavy atom. The van der Waals surface area contributed by atoms with Crippen molar-refractivity contribution >= 4 is 5.97 Å². The third kappa shape index (κ3) is 5.18. The summed E-state index contributed by atoms with van der Waals surface area (Å²) in [5, 5.41) is 3.11. The summed E-state index contributed by atoms with van der Waals surface area (Å²) in [5.41, 5.74) is 2.24. The predicted octanol–water partition coefficient (Wildman–Crippen LogP) is -0.572. The lowest BCUT2D eigenvalue weighted by Gasteiger charge is -2.07. The van der Waals surface area contributed by atoms with Gasteiger partial charge in [-0.05, 0) is 57.6 Å². The Morgan fingerprint density at radius 3 is 2.52 bits per heavy atom. The van der Waals surface area contributed by atoms with Gasteiger partial charge in [0.15, 0.2) is 5.69 Å². The number of carbonyl (C=O) groups excluding carboxylic acids is 1. The molecule has 2 aromatic rings. The minimum absolute atomic E-state index is 0. The molecule has 0 bridgehead atoms. The van der Waals surface area contributed by atoms with Crippen molar-refractivity contribution in [3.63, 3.8) is 0 Å². The van der Waals surface area contributed by atoms with Crippen LogP contribution in [0.25, 0.3) is 11.4 Å². The van der Waals surface area contributed by atoms with Gasteiger partial charge in [-0.15, -0.1) is 0 Å². The van der Waals surface area contributed by atoms with E-state index in [9.17, 15) is 4.79 Å². The van der Waals surface area contributed by atoms with E-state index in [-0.39, 0.29) is 29.9 Å². The van der Waals surface area contributed by atoms with E-state index in [1.54, 1.807) is 14.0 Å². The third-order valence-electron chi connectivity index (χ3n) is 3.82. The first-order valence-corrected chi connectivity index (χ1v) is 8.14. The monoisotopic (exact) mass is 458 g/mol. The second-order valence-corrected chi connectivity index (χ2v) is 5.45. The highest BCUT2D eigenvalue weighted by Crippen LogP contribution is 2.25. The summed E-state index contributed by atoms with van der Waals surface area (Å²) in [6.07, 6.45) is 1.63. The van der Waals surface area contributed by atoms with Crippen molar-refractivity contribution in [3.05, 3.63) is 35.7 Å². The van der Waals surface area contributed by atoms with E-state index in [0.717, 1.165) is 42.2 Å². The summed E-state index contributed by atoms with van der Waals surface area (Å²) in [5.74, 6) is 1.21. The lowest BCUT2D eigenvalue weighted by Crippen LogP contribution is -3.00. The average molecular weight is 458 g/mol. The van der Waals surface area contributed by atoms with Gasteiger partial charge in [-0.2, -0.15) is 0 Å². The Hall–Kier alpha value is -1.61. The highest BCUT2D eigenvalue weighted by Gasteiger charge is 2.22. The SMILES string of the molecule is CCOC(=O)c1c(CCCNC)nc(-c2ccc(OC)cc2)n1C.[I-]. The first-order chi connectivity index (χ1) is 11.6. The van der Waals surface area contributed by atoms with Gasteiger partial charge in [0.1, 0.15) is 11.6 Å². The molecule has 0 fully saturated rings. The van der Waals surface area contributed by atoms with Gasteiger partial charge in [0.05, 0.1) is 19.4 Å². The standard InChI is InChI=1S/C18H25N3O3.HI/c1-5-24-18(22)16-15(7-6-12-19-2)20-17(21(16)3)13-8-10-14(23-4)11-9-13;/h8-11,19H,5-7,12H2,1-4H3;1H/p-1. The molecular formula is C18H25IN3O3-. The summed E-state index contributed by atoms with van der Waals surface area (Å²) in [6, 6.07) is 7.64. The molecule has 0 saturated carbocycles. The third-order valence-corrected chi connectivity index (χ3v) is 3.82. The van der Waals surface area contributed by atoms with Crippen LogP contribution in [0.3, 0.4) is 0 Å². The molecule has 2 rings (SSSR count). The maximum atomic E-state index is 12.3. The van der Waals surface area contributed by atoms with E-state index in [0.29, 0.717) is 12.3 Å². The molecule has 0 unspecified atom stereocenters. The summed E-state index contributed by atoms with van der Waals surface area (Å²) in [4.78, 5) is 17.0. The smallest absolute Gasteiger partial charge is 0.356 e. The minimum Gasteiger partial charge on any atom is -1.00 e. The van der Waals surface area contributed by atoms with Gasteiger partial charge in [0.25, 0.3) is 0 Å². The van der Waals surface area contributed by atoms with Crippen molar-refractivity contribution < 1.29 is 38.2 Å². The van der Waals surface area contributed by atoms with Crippen molar-refractivity contribution in [2.45, 2.75) is 19.8 Å². The fourth-order valence-corrected chi connectivity index (χ4v) is 2.61. The number of methoxy groups -OCH3 is 1. The van der Waals surface area contributed by atoms with Gasteiger partial charge in [0, 0.05) is 12.6 Å². The van der Waals surface area contributed by atoms with Crippen LogP contribution in [0.5, 0.6) is 5.75 Å². The first-order valence-electron chi connectivity index (χ1n) is 8.14. The van der Waals surface area contributed by atoms with Crippen molar-refractivity contribution in [2.24, 2.45) is 7.05 Å². The quantitative estimate of drug-likeness (QED) is 0.326. The number of nitrogens with zero attached hydrogens (tertiary/aromatic N) is 2. The Bertz CT molecular complexity index is 684. The molecule has 0 amide bonds. The fourth-order valence-electron chi connectivity index (χ4n) is 2.61. The summed E-state index contributed by atoms with van der Waals surface area (Å²) < 4.78 is 12.2. The average Bonchev–Trinajstić information content (AvgIpc) is 2.92. The maximum absolute atomic E-state index is 12.3. The van der Waals surface area contributed by atoms with Crippen molar-refractivity contribution in [1.82, 2.24) is 14.9 Å². The van der Waals surface area contributed by atoms with Crippen molar-refractivity contribution in [3.8, 4) is 17.1 Å². The number of esters is 1. The summed E-state index contributed by atoms with van der Waals surface area (Å²) in [6.45, 7) is 3.02. The van der Waals surface area contributed by atoms with Crippen LogP contribution in [-0.2, 0) is 18.2 Å². The number of hydrogen-bond acceptors (Lipinski definition) is 5. The van der Waals surface area contributed by atoms with Gasteiger partial charge in [-0.3, -0.25) is 0 Å². The van der Waals surface area contributed by atoms with Crippen LogP contribution in [0.2, 0.25) is 0 Å². The Kier molecular flexibility index (Phi) is 8.91. The Balaban J connectivity index is 0.00000312. The number of rotatable bonds is 8. The van der Waals surface area contributed by atoms with Gasteiger partial charge in [-0.25, -0.2) is 9.78 Å². The van der Waals surface area contributed by atoms with E-state index in [1.807, 2.05) is 42.9 Å². The first kappa shape index (κ1) is 21.4. The van der Waals surface area contributed by atoms with Crippen LogP contribution in [-0.4, -0.2) is 42.8 Å². The van der Waals surface area contributed by atoms with Crippen LogP contribution in [0.15, 0.2) is 24.3 Å². The van der Waals surface area contributed by atoms with E-state index in [2.05, 4.69) is 5.32 Å². The zero-order chi connectivity index (χ0) is 17.5. The molecule has 1 N–H and O–H groups in total. The molecular weight excluding hydrogens is 433 g/mol. The molecule has 25 heavy (non-hydrogen) atoms. The molecule has 0 saturated heterocycles. The number of aryl methyl sites for hydroxylation is 1. The van der Waals surface area contributed by atoms with E-state index in [4.69, 9.17) is 14.5 Å². The molecule has 7 heteroatoms. The molecule has 1 aromatic heterocycles. The van der Waals surface area contributed by atoms with Crippen LogP contribution < -0.4 is 34.0 Å². The molecule has 0 aliphatic rings. The molecule has 0 spiro atoms. The fraction of sp³-hybridized carbons (Fsp3) is 0.444. The number of ether oxygens (including phenoxy) is 2. The van der Waals surface area contributed by atoms with Crippen molar-refractivity contribution in [2.75, 3.05) is 27.3 Å². The van der Waals surface area contributed by atoms with Crippen LogP contribution in [0.1, 0.15) is 29.5 Å². The number of aromatic nitrogens is 2. The lowest BCUT2D eigenvalue weighted by atomic mass is 10.2. The minimum atomic E-state index is -0.327. The second kappa shape index (κ2) is 10.4. The highest BCUT2D eigenvalue weighted by atomic mass is 127.